The number of hydrogen-bond acceptors (Lipinski definition) is 3. The molecule has 1 aliphatic heterocycles. The number of hydrogen-bond donors (Lipinski definition) is 1. The van der Waals surface area contributed by atoms with E-state index in [1.54, 1.807) is 7.05 Å². The van der Waals surface area contributed by atoms with Crippen LogP contribution in [0, 0.1) is 0 Å². The molecule has 0 aliphatic carbocycles. The highest BCUT2D eigenvalue weighted by molar-refractivity contribution is 5.96. The molecule has 3 rings (SSSR count). The number of fused-ring (bicyclic) bond motifs is 1. The molecule has 0 spiro atoms. The molecule has 1 aliphatic rings. The van der Waals surface area contributed by atoms with E-state index in [4.69, 9.17) is 0 Å². The predicted octanol–water partition coefficient (Wildman–Crippen LogP) is 3.49. The zero-order chi connectivity index (χ0) is 20.1. The van der Waals surface area contributed by atoms with E-state index in [0.717, 1.165) is 42.7 Å². The van der Waals surface area contributed by atoms with E-state index in [2.05, 4.69) is 29.3 Å². The van der Waals surface area contributed by atoms with Crippen molar-refractivity contribution in [2.45, 2.75) is 39.2 Å². The van der Waals surface area contributed by atoms with Crippen molar-refractivity contribution in [3.05, 3.63) is 59.7 Å². The van der Waals surface area contributed by atoms with E-state index < -0.39 is 0 Å². The molecule has 5 nitrogen and oxygen atoms in total. The maximum absolute atomic E-state index is 13.0. The van der Waals surface area contributed by atoms with E-state index in [-0.39, 0.29) is 24.4 Å². The summed E-state index contributed by atoms with van der Waals surface area (Å²) in [7, 11) is 1.69. The van der Waals surface area contributed by atoms with Gasteiger partial charge in [0.2, 0.25) is 11.8 Å². The van der Waals surface area contributed by atoms with Gasteiger partial charge in [0.1, 0.15) is 6.04 Å². The number of likely N-dealkylation sites (N-methyl/N-ethyl adjacent to an activating group) is 1. The van der Waals surface area contributed by atoms with E-state index in [9.17, 15) is 9.59 Å². The summed E-state index contributed by atoms with van der Waals surface area (Å²) < 4.78 is 0. The Kier molecular flexibility index (Phi) is 6.34. The minimum Gasteiger partial charge on any atom is -0.360 e. The van der Waals surface area contributed by atoms with E-state index in [1.165, 1.54) is 10.5 Å². The lowest BCUT2D eigenvalue weighted by Gasteiger charge is -2.37. The lowest BCUT2D eigenvalue weighted by atomic mass is 10.00. The fourth-order valence-corrected chi connectivity index (χ4v) is 3.85. The number of carbonyl (C=O) groups is 2. The molecule has 2 aromatic carbocycles. The van der Waals surface area contributed by atoms with Crippen LogP contribution in [0.3, 0.4) is 0 Å². The van der Waals surface area contributed by atoms with Crippen molar-refractivity contribution in [2.75, 3.05) is 30.4 Å². The first-order valence-corrected chi connectivity index (χ1v) is 9.98. The average Bonchev–Trinajstić information content (AvgIpc) is 2.72. The molecular formula is C23H29N3O2. The molecule has 1 heterocycles. The quantitative estimate of drug-likeness (QED) is 0.836. The number of anilines is 2. The smallest absolute Gasteiger partial charge is 0.245 e. The number of carbonyl (C=O) groups excluding carboxylic acids is 2. The van der Waals surface area contributed by atoms with Crippen molar-refractivity contribution in [3.63, 3.8) is 0 Å². The molecule has 148 valence electrons. The standard InChI is InChI=1S/C23H29N3O2/c1-4-18-10-5-7-13-20(18)24-22(27)16-25(3)23(28)17(2)26-15-9-12-19-11-6-8-14-21(19)26/h5-8,10-11,13-14,17H,4,9,12,15-16H2,1-3H3,(H,24,27)/t17-/m1/s1. The first-order valence-electron chi connectivity index (χ1n) is 9.98. The number of amides is 2. The summed E-state index contributed by atoms with van der Waals surface area (Å²) in [6.07, 6.45) is 2.92. The fraction of sp³-hybridized carbons (Fsp3) is 0.391. The molecule has 1 N–H and O–H groups in total. The fourth-order valence-electron chi connectivity index (χ4n) is 3.85. The molecule has 0 aromatic heterocycles. The van der Waals surface area contributed by atoms with E-state index in [0.29, 0.717) is 0 Å². The van der Waals surface area contributed by atoms with Crippen molar-refractivity contribution in [2.24, 2.45) is 0 Å². The third-order valence-electron chi connectivity index (χ3n) is 5.40. The van der Waals surface area contributed by atoms with Crippen molar-refractivity contribution >= 4 is 23.2 Å². The average molecular weight is 380 g/mol. The van der Waals surface area contributed by atoms with Gasteiger partial charge in [0, 0.05) is 25.0 Å². The first-order chi connectivity index (χ1) is 13.5. The van der Waals surface area contributed by atoms with Gasteiger partial charge in [-0.25, -0.2) is 0 Å². The number of nitrogens with zero attached hydrogens (tertiary/aromatic N) is 2. The topological polar surface area (TPSA) is 52.7 Å². The van der Waals surface area contributed by atoms with E-state index >= 15 is 0 Å². The Hall–Kier alpha value is -2.82. The van der Waals surface area contributed by atoms with Crippen LogP contribution in [-0.2, 0) is 22.4 Å². The third kappa shape index (κ3) is 4.35. The van der Waals surface area contributed by atoms with Gasteiger partial charge in [0.15, 0.2) is 0 Å². The maximum Gasteiger partial charge on any atom is 0.245 e. The summed E-state index contributed by atoms with van der Waals surface area (Å²) in [6.45, 7) is 4.87. The number of benzene rings is 2. The second kappa shape index (κ2) is 8.91. The SMILES string of the molecule is CCc1ccccc1NC(=O)CN(C)C(=O)[C@@H](C)N1CCCc2ccccc21. The summed E-state index contributed by atoms with van der Waals surface area (Å²) in [6, 6.07) is 15.7. The second-order valence-electron chi connectivity index (χ2n) is 7.35. The summed E-state index contributed by atoms with van der Waals surface area (Å²) in [5, 5.41) is 2.93. The van der Waals surface area contributed by atoms with Crippen LogP contribution < -0.4 is 10.2 Å². The summed E-state index contributed by atoms with van der Waals surface area (Å²) in [5.74, 6) is -0.223. The number of nitrogens with one attached hydrogen (secondary N) is 1. The zero-order valence-corrected chi connectivity index (χ0v) is 16.9. The van der Waals surface area contributed by atoms with Gasteiger partial charge in [0.25, 0.3) is 0 Å². The third-order valence-corrected chi connectivity index (χ3v) is 5.40. The van der Waals surface area contributed by atoms with E-state index in [1.807, 2.05) is 43.3 Å². The number of para-hydroxylation sites is 2. The molecule has 0 saturated carbocycles. The zero-order valence-electron chi connectivity index (χ0n) is 16.9. The Morgan fingerprint density at radius 2 is 1.86 bits per heavy atom. The molecule has 2 amide bonds. The van der Waals surface area contributed by atoms with Crippen LogP contribution >= 0.6 is 0 Å². The summed E-state index contributed by atoms with van der Waals surface area (Å²) >= 11 is 0. The molecule has 1 atom stereocenters. The molecule has 28 heavy (non-hydrogen) atoms. The lowest BCUT2D eigenvalue weighted by molar-refractivity contribution is -0.134. The van der Waals surface area contributed by atoms with Crippen molar-refractivity contribution < 1.29 is 9.59 Å². The van der Waals surface area contributed by atoms with Gasteiger partial charge < -0.3 is 15.1 Å². The first kappa shape index (κ1) is 19.9. The Morgan fingerprint density at radius 1 is 1.14 bits per heavy atom. The lowest BCUT2D eigenvalue weighted by Crippen LogP contribution is -2.49. The number of aryl methyl sites for hydroxylation is 2. The largest absolute Gasteiger partial charge is 0.360 e. The van der Waals surface area contributed by atoms with Gasteiger partial charge in [-0.3, -0.25) is 9.59 Å². The Bertz CT molecular complexity index is 849. The van der Waals surface area contributed by atoms with Gasteiger partial charge in [-0.15, -0.1) is 0 Å². The van der Waals surface area contributed by atoms with Gasteiger partial charge in [-0.2, -0.15) is 0 Å². The van der Waals surface area contributed by atoms with Crippen LogP contribution in [0.4, 0.5) is 11.4 Å². The van der Waals surface area contributed by atoms with Crippen molar-refractivity contribution in [1.29, 1.82) is 0 Å². The normalized spacial score (nSPS) is 14.2. The minimum absolute atomic E-state index is 0.0384. The van der Waals surface area contributed by atoms with Crippen LogP contribution in [0.1, 0.15) is 31.4 Å². The van der Waals surface area contributed by atoms with Gasteiger partial charge in [-0.1, -0.05) is 43.3 Å². The molecule has 2 aromatic rings. The molecule has 0 bridgehead atoms. The monoisotopic (exact) mass is 379 g/mol. The van der Waals surface area contributed by atoms with Crippen LogP contribution in [0.5, 0.6) is 0 Å². The van der Waals surface area contributed by atoms with Crippen LogP contribution in [0.25, 0.3) is 0 Å². The van der Waals surface area contributed by atoms with Crippen LogP contribution in [0.2, 0.25) is 0 Å². The molecular weight excluding hydrogens is 350 g/mol. The Balaban J connectivity index is 1.63. The maximum atomic E-state index is 13.0. The molecule has 5 heteroatoms. The Labute approximate surface area is 167 Å². The van der Waals surface area contributed by atoms with Gasteiger partial charge in [0.05, 0.1) is 6.54 Å². The highest BCUT2D eigenvalue weighted by Gasteiger charge is 2.28. The Morgan fingerprint density at radius 3 is 2.64 bits per heavy atom. The summed E-state index contributed by atoms with van der Waals surface area (Å²) in [5.41, 5.74) is 4.31. The van der Waals surface area contributed by atoms with Crippen LogP contribution in [0.15, 0.2) is 48.5 Å². The number of rotatable bonds is 6. The molecule has 0 unspecified atom stereocenters. The highest BCUT2D eigenvalue weighted by Crippen LogP contribution is 2.28. The van der Waals surface area contributed by atoms with Crippen molar-refractivity contribution in [3.8, 4) is 0 Å². The predicted molar refractivity (Wildman–Crippen MR) is 114 cm³/mol. The summed E-state index contributed by atoms with van der Waals surface area (Å²) in [4.78, 5) is 29.1. The molecule has 0 fully saturated rings. The molecule has 0 radical (unpaired) electrons. The van der Waals surface area contributed by atoms with Gasteiger partial charge in [-0.05, 0) is 49.4 Å². The highest BCUT2D eigenvalue weighted by atomic mass is 16.2. The van der Waals surface area contributed by atoms with Crippen LogP contribution in [-0.4, -0.2) is 42.9 Å². The minimum atomic E-state index is -0.304. The van der Waals surface area contributed by atoms with Gasteiger partial charge >= 0.3 is 0 Å². The molecule has 0 saturated heterocycles. The van der Waals surface area contributed by atoms with Crippen molar-refractivity contribution in [1.82, 2.24) is 4.90 Å². The second-order valence-corrected chi connectivity index (χ2v) is 7.35.